The minimum atomic E-state index is -0.529. The van der Waals surface area contributed by atoms with Gasteiger partial charge in [-0.05, 0) is 45.6 Å². The monoisotopic (exact) mass is 458 g/mol. The van der Waals surface area contributed by atoms with Crippen molar-refractivity contribution >= 4 is 18.0 Å². The number of carbonyl (C=O) groups excluding carboxylic acids is 3. The zero-order valence-electron chi connectivity index (χ0n) is 19.7. The van der Waals surface area contributed by atoms with Gasteiger partial charge in [0.1, 0.15) is 18.2 Å². The molecule has 9 nitrogen and oxygen atoms in total. The fraction of sp³-hybridized carbons (Fsp3) is 0.625. The van der Waals surface area contributed by atoms with Crippen LogP contribution in [-0.4, -0.2) is 76.3 Å². The third-order valence-corrected chi connectivity index (χ3v) is 6.29. The van der Waals surface area contributed by atoms with Crippen molar-refractivity contribution in [1.82, 2.24) is 20.2 Å². The van der Waals surface area contributed by atoms with Gasteiger partial charge in [0, 0.05) is 32.1 Å². The van der Waals surface area contributed by atoms with Crippen molar-refractivity contribution in [3.8, 4) is 0 Å². The van der Waals surface area contributed by atoms with Crippen molar-refractivity contribution in [1.29, 1.82) is 0 Å². The maximum Gasteiger partial charge on any atom is 0.410 e. The number of nitrogens with zero attached hydrogens (tertiary/aromatic N) is 3. The third-order valence-electron chi connectivity index (χ3n) is 6.29. The number of hydrogen-bond acceptors (Lipinski definition) is 5. The maximum absolute atomic E-state index is 13.0. The summed E-state index contributed by atoms with van der Waals surface area (Å²) in [6.07, 6.45) is 2.50. The van der Waals surface area contributed by atoms with E-state index < -0.39 is 11.6 Å². The molecular formula is C24H34N4O5. The summed E-state index contributed by atoms with van der Waals surface area (Å²) < 4.78 is 5.47. The van der Waals surface area contributed by atoms with Crippen LogP contribution >= 0.6 is 0 Å². The van der Waals surface area contributed by atoms with Crippen molar-refractivity contribution in [3.63, 3.8) is 0 Å². The lowest BCUT2D eigenvalue weighted by Crippen LogP contribution is -2.53. The molecule has 180 valence electrons. The number of rotatable bonds is 5. The summed E-state index contributed by atoms with van der Waals surface area (Å²) in [4.78, 5) is 47.2. The van der Waals surface area contributed by atoms with Crippen LogP contribution in [-0.2, 0) is 21.0 Å². The predicted molar refractivity (Wildman–Crippen MR) is 121 cm³/mol. The molecule has 3 fully saturated rings. The van der Waals surface area contributed by atoms with Crippen LogP contribution in [0.4, 0.5) is 9.59 Å². The van der Waals surface area contributed by atoms with E-state index >= 15 is 0 Å². The van der Waals surface area contributed by atoms with Gasteiger partial charge in [-0.2, -0.15) is 5.06 Å². The molecule has 0 unspecified atom stereocenters. The highest BCUT2D eigenvalue weighted by atomic mass is 16.7. The van der Waals surface area contributed by atoms with E-state index in [1.54, 1.807) is 9.80 Å². The maximum atomic E-state index is 13.0. The van der Waals surface area contributed by atoms with E-state index in [9.17, 15) is 14.4 Å². The zero-order valence-corrected chi connectivity index (χ0v) is 19.7. The van der Waals surface area contributed by atoms with Crippen molar-refractivity contribution < 1.29 is 24.0 Å². The van der Waals surface area contributed by atoms with Gasteiger partial charge in [0.15, 0.2) is 0 Å². The van der Waals surface area contributed by atoms with Crippen molar-refractivity contribution in [2.24, 2.45) is 0 Å². The molecule has 2 bridgehead atoms. The molecule has 3 saturated heterocycles. The average molecular weight is 459 g/mol. The van der Waals surface area contributed by atoms with Gasteiger partial charge in [0.25, 0.3) is 0 Å². The lowest BCUT2D eigenvalue weighted by Gasteiger charge is -2.31. The number of nitrogens with one attached hydrogen (secondary N) is 1. The number of amides is 4. The smallest absolute Gasteiger partial charge is 0.410 e. The van der Waals surface area contributed by atoms with E-state index in [0.717, 1.165) is 18.4 Å². The van der Waals surface area contributed by atoms with E-state index in [1.807, 2.05) is 51.1 Å². The van der Waals surface area contributed by atoms with Crippen molar-refractivity contribution in [3.05, 3.63) is 35.9 Å². The molecule has 0 radical (unpaired) electrons. The molecule has 4 amide bonds. The molecule has 0 aliphatic carbocycles. The fourth-order valence-electron chi connectivity index (χ4n) is 4.65. The first-order chi connectivity index (χ1) is 15.7. The first kappa shape index (κ1) is 23.4. The first-order valence-corrected chi connectivity index (χ1v) is 11.8. The molecule has 4 rings (SSSR count). The number of ether oxygens (including phenoxy) is 1. The fourth-order valence-corrected chi connectivity index (χ4v) is 4.65. The molecule has 0 spiro atoms. The van der Waals surface area contributed by atoms with Crippen LogP contribution in [0.25, 0.3) is 0 Å². The lowest BCUT2D eigenvalue weighted by atomic mass is 10.1. The van der Waals surface area contributed by atoms with Crippen LogP contribution in [0.3, 0.4) is 0 Å². The van der Waals surface area contributed by atoms with Gasteiger partial charge < -0.3 is 19.9 Å². The molecule has 1 aromatic rings. The summed E-state index contributed by atoms with van der Waals surface area (Å²) in [6, 6.07) is 8.84. The molecule has 9 heteroatoms. The Morgan fingerprint density at radius 3 is 2.58 bits per heavy atom. The van der Waals surface area contributed by atoms with Gasteiger partial charge in [0.05, 0.1) is 6.04 Å². The summed E-state index contributed by atoms with van der Waals surface area (Å²) >= 11 is 0. The molecule has 33 heavy (non-hydrogen) atoms. The first-order valence-electron chi connectivity index (χ1n) is 11.8. The second-order valence-corrected chi connectivity index (χ2v) is 10.0. The minimum absolute atomic E-state index is 0.0224. The molecule has 3 aliphatic heterocycles. The van der Waals surface area contributed by atoms with Crippen molar-refractivity contribution in [2.45, 2.75) is 76.8 Å². The van der Waals surface area contributed by atoms with Crippen LogP contribution < -0.4 is 5.32 Å². The standard InChI is InChI=1S/C24H34N4O5/c1-24(2,3)33-23(31)26-12-7-10-18(11-13-26)25-21(29)20-14-19-15-27(20)22(30)28(19)32-16-17-8-5-4-6-9-17/h4-6,8-9,18-20H,7,10-16H2,1-3H3,(H,25,29)/t18-,19+,20-/m0/s1. The highest BCUT2D eigenvalue weighted by Gasteiger charge is 2.52. The number of hydrogen-bond donors (Lipinski definition) is 1. The van der Waals surface area contributed by atoms with Crippen LogP contribution in [0, 0.1) is 0 Å². The molecule has 3 aliphatic rings. The second-order valence-electron chi connectivity index (χ2n) is 10.0. The summed E-state index contributed by atoms with van der Waals surface area (Å²) in [7, 11) is 0. The van der Waals surface area contributed by atoms with Gasteiger partial charge in [-0.25, -0.2) is 9.59 Å². The van der Waals surface area contributed by atoms with Crippen molar-refractivity contribution in [2.75, 3.05) is 19.6 Å². The van der Waals surface area contributed by atoms with E-state index in [-0.39, 0.29) is 30.1 Å². The zero-order chi connectivity index (χ0) is 23.6. The van der Waals surface area contributed by atoms with Crippen LogP contribution in [0.15, 0.2) is 30.3 Å². The van der Waals surface area contributed by atoms with Gasteiger partial charge in [-0.3, -0.25) is 9.63 Å². The number of urea groups is 1. The van der Waals surface area contributed by atoms with Crippen LogP contribution in [0.5, 0.6) is 0 Å². The summed E-state index contributed by atoms with van der Waals surface area (Å²) in [5, 5.41) is 4.53. The molecule has 1 aromatic carbocycles. The number of carbonyl (C=O) groups is 3. The van der Waals surface area contributed by atoms with Gasteiger partial charge in [0.2, 0.25) is 5.91 Å². The molecule has 3 heterocycles. The molecular weight excluding hydrogens is 424 g/mol. The highest BCUT2D eigenvalue weighted by Crippen LogP contribution is 2.32. The average Bonchev–Trinajstić information content (AvgIpc) is 3.23. The quantitative estimate of drug-likeness (QED) is 0.733. The molecule has 1 N–H and O–H groups in total. The molecule has 0 saturated carbocycles. The number of benzene rings is 1. The normalized spacial score (nSPS) is 25.2. The Kier molecular flexibility index (Phi) is 6.78. The number of hydroxylamine groups is 2. The lowest BCUT2D eigenvalue weighted by molar-refractivity contribution is -0.151. The Labute approximate surface area is 194 Å². The topological polar surface area (TPSA) is 91.4 Å². The molecule has 0 aromatic heterocycles. The van der Waals surface area contributed by atoms with Crippen LogP contribution in [0.1, 0.15) is 52.0 Å². The predicted octanol–water partition coefficient (Wildman–Crippen LogP) is 2.90. The molecule has 3 atom stereocenters. The second kappa shape index (κ2) is 9.59. The van der Waals surface area contributed by atoms with E-state index in [0.29, 0.717) is 39.1 Å². The van der Waals surface area contributed by atoms with Gasteiger partial charge in [-0.1, -0.05) is 30.3 Å². The Hall–Kier alpha value is -2.81. The van der Waals surface area contributed by atoms with Gasteiger partial charge in [-0.15, -0.1) is 0 Å². The number of likely N-dealkylation sites (tertiary alicyclic amines) is 1. The van der Waals surface area contributed by atoms with Crippen LogP contribution in [0.2, 0.25) is 0 Å². The number of fused-ring (bicyclic) bond motifs is 2. The SMILES string of the molecule is CC(C)(C)OC(=O)N1CCC[C@H](NC(=O)[C@@H]2C[C@@H]3CN2C(=O)N3OCc2ccccc2)CC1. The Morgan fingerprint density at radius 1 is 1.12 bits per heavy atom. The summed E-state index contributed by atoms with van der Waals surface area (Å²) in [5.41, 5.74) is 0.463. The van der Waals surface area contributed by atoms with E-state index in [2.05, 4.69) is 5.32 Å². The largest absolute Gasteiger partial charge is 0.444 e. The van der Waals surface area contributed by atoms with E-state index in [1.165, 1.54) is 5.06 Å². The third kappa shape index (κ3) is 5.58. The Balaban J connectivity index is 1.25. The summed E-state index contributed by atoms with van der Waals surface area (Å²) in [5.74, 6) is -0.121. The Bertz CT molecular complexity index is 871. The Morgan fingerprint density at radius 2 is 1.88 bits per heavy atom. The summed E-state index contributed by atoms with van der Waals surface area (Å²) in [6.45, 7) is 7.54. The van der Waals surface area contributed by atoms with E-state index in [4.69, 9.17) is 9.57 Å². The minimum Gasteiger partial charge on any atom is -0.444 e. The van der Waals surface area contributed by atoms with Gasteiger partial charge >= 0.3 is 12.1 Å². The highest BCUT2D eigenvalue weighted by molar-refractivity contribution is 5.89.